The summed E-state index contributed by atoms with van der Waals surface area (Å²) in [6.45, 7) is 2.43. The Morgan fingerprint density at radius 1 is 1.36 bits per heavy atom. The van der Waals surface area contributed by atoms with Gasteiger partial charge in [0.2, 0.25) is 0 Å². The Kier molecular flexibility index (Phi) is 3.79. The van der Waals surface area contributed by atoms with E-state index in [0.717, 1.165) is 12.1 Å². The Labute approximate surface area is 80.3 Å². The first-order valence-electron chi connectivity index (χ1n) is 4.16. The molecule has 0 saturated heterocycles. The van der Waals surface area contributed by atoms with Crippen LogP contribution >= 0.6 is 0 Å². The lowest BCUT2D eigenvalue weighted by Gasteiger charge is -2.05. The van der Waals surface area contributed by atoms with Crippen molar-refractivity contribution < 1.29 is 18.7 Å². The van der Waals surface area contributed by atoms with Gasteiger partial charge in [0.05, 0.1) is 6.61 Å². The number of hydroxylamine groups is 1. The van der Waals surface area contributed by atoms with E-state index >= 15 is 0 Å². The third-order valence-electron chi connectivity index (χ3n) is 1.60. The van der Waals surface area contributed by atoms with Gasteiger partial charge in [0.15, 0.2) is 17.4 Å². The lowest BCUT2D eigenvalue weighted by atomic mass is 10.2. The highest BCUT2D eigenvalue weighted by Gasteiger charge is 2.08. The summed E-state index contributed by atoms with van der Waals surface area (Å²) in [5.74, 6) is -2.90. The molecule has 78 valence electrons. The van der Waals surface area contributed by atoms with Crippen molar-refractivity contribution in [2.24, 2.45) is 0 Å². The first-order chi connectivity index (χ1) is 6.65. The van der Waals surface area contributed by atoms with Gasteiger partial charge in [0.1, 0.15) is 0 Å². The molecule has 0 fully saturated rings. The van der Waals surface area contributed by atoms with Gasteiger partial charge in [-0.15, -0.1) is 0 Å². The molecule has 14 heavy (non-hydrogen) atoms. The molecule has 1 aromatic rings. The number of hydrogen-bond donors (Lipinski definition) is 2. The number of benzene rings is 1. The Morgan fingerprint density at radius 2 is 1.93 bits per heavy atom. The number of nitrogens with one attached hydrogen (secondary N) is 1. The summed E-state index contributed by atoms with van der Waals surface area (Å²) >= 11 is 0. The first kappa shape index (κ1) is 10.9. The predicted octanol–water partition coefficient (Wildman–Crippen LogP) is 1.71. The summed E-state index contributed by atoms with van der Waals surface area (Å²) in [6.07, 6.45) is 0. The summed E-state index contributed by atoms with van der Waals surface area (Å²) in [4.78, 5) is 4.79. The zero-order chi connectivity index (χ0) is 10.6. The quantitative estimate of drug-likeness (QED) is 0.578. The number of aromatic hydroxyl groups is 1. The van der Waals surface area contributed by atoms with E-state index in [9.17, 15) is 8.78 Å². The molecule has 0 unspecified atom stereocenters. The molecule has 0 aromatic heterocycles. The molecule has 0 saturated carbocycles. The van der Waals surface area contributed by atoms with E-state index in [1.807, 2.05) is 0 Å². The van der Waals surface area contributed by atoms with Gasteiger partial charge in [-0.1, -0.05) is 0 Å². The molecule has 0 heterocycles. The standard InChI is InChI=1S/C9H11F2NO2/c1-2-14-12-5-6-3-7(10)9(13)8(11)4-6/h3-4,12-13H,2,5H2,1H3. The van der Waals surface area contributed by atoms with E-state index < -0.39 is 17.4 Å². The minimum Gasteiger partial charge on any atom is -0.503 e. The van der Waals surface area contributed by atoms with Crippen LogP contribution in [0, 0.1) is 11.6 Å². The number of halogens is 2. The fourth-order valence-corrected chi connectivity index (χ4v) is 0.956. The largest absolute Gasteiger partial charge is 0.503 e. The van der Waals surface area contributed by atoms with Crippen molar-refractivity contribution >= 4 is 0 Å². The van der Waals surface area contributed by atoms with E-state index in [4.69, 9.17) is 9.94 Å². The summed E-state index contributed by atoms with van der Waals surface area (Å²) in [6, 6.07) is 2.09. The molecule has 3 nitrogen and oxygen atoms in total. The molecule has 0 radical (unpaired) electrons. The summed E-state index contributed by atoms with van der Waals surface area (Å²) in [5.41, 5.74) is 2.88. The van der Waals surface area contributed by atoms with Gasteiger partial charge in [-0.25, -0.2) is 8.78 Å². The fourth-order valence-electron chi connectivity index (χ4n) is 0.956. The zero-order valence-corrected chi connectivity index (χ0v) is 7.68. The Morgan fingerprint density at radius 3 is 2.43 bits per heavy atom. The highest BCUT2D eigenvalue weighted by molar-refractivity contribution is 5.29. The molecule has 0 atom stereocenters. The van der Waals surface area contributed by atoms with Gasteiger partial charge in [-0.05, 0) is 24.6 Å². The van der Waals surface area contributed by atoms with Gasteiger partial charge < -0.3 is 9.94 Å². The smallest absolute Gasteiger partial charge is 0.187 e. The van der Waals surface area contributed by atoms with Crippen molar-refractivity contribution in [1.82, 2.24) is 5.48 Å². The second kappa shape index (κ2) is 4.88. The van der Waals surface area contributed by atoms with Crippen molar-refractivity contribution in [2.45, 2.75) is 13.5 Å². The van der Waals surface area contributed by atoms with E-state index in [1.165, 1.54) is 0 Å². The minimum atomic E-state index is -0.974. The normalized spacial score (nSPS) is 10.5. The van der Waals surface area contributed by atoms with Crippen LogP contribution in [0.15, 0.2) is 12.1 Å². The minimum absolute atomic E-state index is 0.182. The predicted molar refractivity (Wildman–Crippen MR) is 46.5 cm³/mol. The molecule has 0 aliphatic rings. The van der Waals surface area contributed by atoms with E-state index in [-0.39, 0.29) is 6.54 Å². The fraction of sp³-hybridized carbons (Fsp3) is 0.333. The summed E-state index contributed by atoms with van der Waals surface area (Å²) in [7, 11) is 0. The van der Waals surface area contributed by atoms with Crippen molar-refractivity contribution in [1.29, 1.82) is 0 Å². The molecule has 0 amide bonds. The lowest BCUT2D eigenvalue weighted by Crippen LogP contribution is -2.13. The number of rotatable bonds is 4. The lowest BCUT2D eigenvalue weighted by molar-refractivity contribution is 0.0462. The molecule has 5 heteroatoms. The maximum absolute atomic E-state index is 12.8. The molecular weight excluding hydrogens is 192 g/mol. The highest BCUT2D eigenvalue weighted by Crippen LogP contribution is 2.21. The van der Waals surface area contributed by atoms with Crippen molar-refractivity contribution in [2.75, 3.05) is 6.61 Å². The van der Waals surface area contributed by atoms with E-state index in [2.05, 4.69) is 5.48 Å². The average molecular weight is 203 g/mol. The third-order valence-corrected chi connectivity index (χ3v) is 1.60. The SMILES string of the molecule is CCONCc1cc(F)c(O)c(F)c1. The second-order valence-corrected chi connectivity index (χ2v) is 2.66. The van der Waals surface area contributed by atoms with Crippen molar-refractivity contribution in [3.63, 3.8) is 0 Å². The van der Waals surface area contributed by atoms with Crippen LogP contribution in [0.5, 0.6) is 5.75 Å². The summed E-state index contributed by atoms with van der Waals surface area (Å²) in [5, 5.41) is 8.80. The third kappa shape index (κ3) is 2.65. The van der Waals surface area contributed by atoms with Crippen LogP contribution < -0.4 is 5.48 Å². The molecule has 2 N–H and O–H groups in total. The van der Waals surface area contributed by atoms with Crippen LogP contribution in [0.25, 0.3) is 0 Å². The first-order valence-corrected chi connectivity index (χ1v) is 4.16. The van der Waals surface area contributed by atoms with Crippen LogP contribution in [0.3, 0.4) is 0 Å². The monoisotopic (exact) mass is 203 g/mol. The Hall–Kier alpha value is -1.20. The van der Waals surface area contributed by atoms with Gasteiger partial charge in [0, 0.05) is 6.54 Å². The van der Waals surface area contributed by atoms with E-state index in [1.54, 1.807) is 6.92 Å². The molecule has 0 spiro atoms. The van der Waals surface area contributed by atoms with Gasteiger partial charge in [-0.3, -0.25) is 0 Å². The Balaban J connectivity index is 2.69. The molecule has 0 bridgehead atoms. The summed E-state index contributed by atoms with van der Waals surface area (Å²) < 4.78 is 25.6. The van der Waals surface area contributed by atoms with Crippen LogP contribution in [-0.4, -0.2) is 11.7 Å². The van der Waals surface area contributed by atoms with Gasteiger partial charge in [0.25, 0.3) is 0 Å². The second-order valence-electron chi connectivity index (χ2n) is 2.66. The maximum atomic E-state index is 12.8. The molecule has 0 aliphatic carbocycles. The molecular formula is C9H11F2NO2. The van der Waals surface area contributed by atoms with Crippen LogP contribution in [-0.2, 0) is 11.4 Å². The zero-order valence-electron chi connectivity index (χ0n) is 7.68. The topological polar surface area (TPSA) is 41.5 Å². The van der Waals surface area contributed by atoms with Crippen LogP contribution in [0.1, 0.15) is 12.5 Å². The molecule has 1 rings (SSSR count). The number of hydrogen-bond acceptors (Lipinski definition) is 3. The number of phenolic OH excluding ortho intramolecular Hbond substituents is 1. The maximum Gasteiger partial charge on any atom is 0.187 e. The highest BCUT2D eigenvalue weighted by atomic mass is 19.1. The van der Waals surface area contributed by atoms with Crippen molar-refractivity contribution in [3.05, 3.63) is 29.3 Å². The van der Waals surface area contributed by atoms with Crippen molar-refractivity contribution in [3.8, 4) is 5.75 Å². The van der Waals surface area contributed by atoms with Gasteiger partial charge >= 0.3 is 0 Å². The molecule has 1 aromatic carbocycles. The number of phenols is 1. The van der Waals surface area contributed by atoms with Gasteiger partial charge in [-0.2, -0.15) is 5.48 Å². The Bertz CT molecular complexity index is 295. The average Bonchev–Trinajstić information content (AvgIpc) is 2.14. The van der Waals surface area contributed by atoms with Crippen LogP contribution in [0.4, 0.5) is 8.78 Å². The molecule has 0 aliphatic heterocycles. The van der Waals surface area contributed by atoms with E-state index in [0.29, 0.717) is 12.2 Å². The van der Waals surface area contributed by atoms with Crippen LogP contribution in [0.2, 0.25) is 0 Å².